The normalized spacial score (nSPS) is 11.4. The Morgan fingerprint density at radius 2 is 1.84 bits per heavy atom. The largest absolute Gasteiger partial charge is 0.465 e. The summed E-state index contributed by atoms with van der Waals surface area (Å²) in [6.45, 7) is 4.09. The quantitative estimate of drug-likeness (QED) is 0.642. The van der Waals surface area contributed by atoms with Crippen LogP contribution in [-0.4, -0.2) is 5.91 Å². The fourth-order valence-electron chi connectivity index (χ4n) is 2.80. The summed E-state index contributed by atoms with van der Waals surface area (Å²) in [5.74, 6) is 0.501. The summed E-state index contributed by atoms with van der Waals surface area (Å²) < 4.78 is 5.40. The number of aryl methyl sites for hydroxylation is 2. The number of amides is 1. The van der Waals surface area contributed by atoms with Gasteiger partial charge < -0.3 is 9.73 Å². The maximum absolute atomic E-state index is 13.0. The monoisotopic (exact) mass is 331 g/mol. The molecule has 3 nitrogen and oxygen atoms in total. The van der Waals surface area contributed by atoms with Crippen LogP contribution in [0.25, 0.3) is 11.6 Å². The van der Waals surface area contributed by atoms with Crippen LogP contribution in [0.4, 0.5) is 5.69 Å². The molecule has 0 fully saturated rings. The van der Waals surface area contributed by atoms with Gasteiger partial charge in [-0.05, 0) is 48.2 Å². The van der Waals surface area contributed by atoms with Crippen LogP contribution in [0.5, 0.6) is 0 Å². The summed E-state index contributed by atoms with van der Waals surface area (Å²) >= 11 is 0. The van der Waals surface area contributed by atoms with Gasteiger partial charge >= 0.3 is 0 Å². The minimum absolute atomic E-state index is 0.147. The number of carbonyl (C=O) groups excluding carboxylic acids is 1. The Balaban J connectivity index is 1.99. The second-order valence-electron chi connectivity index (χ2n) is 5.86. The maximum Gasteiger partial charge on any atom is 0.256 e. The van der Waals surface area contributed by atoms with E-state index in [1.54, 1.807) is 12.3 Å². The Labute approximate surface area is 148 Å². The molecule has 0 spiro atoms. The first-order chi connectivity index (χ1) is 12.2. The smallest absolute Gasteiger partial charge is 0.256 e. The number of rotatable bonds is 5. The molecule has 0 aliphatic heterocycles. The maximum atomic E-state index is 13.0. The van der Waals surface area contributed by atoms with Crippen molar-refractivity contribution in [3.05, 3.63) is 89.4 Å². The molecule has 0 aliphatic carbocycles. The van der Waals surface area contributed by atoms with E-state index in [4.69, 9.17) is 4.42 Å². The molecular weight excluding hydrogens is 310 g/mol. The van der Waals surface area contributed by atoms with Gasteiger partial charge in [0, 0.05) is 5.69 Å². The van der Waals surface area contributed by atoms with Gasteiger partial charge in [-0.2, -0.15) is 0 Å². The lowest BCUT2D eigenvalue weighted by atomic mass is 10.0. The second-order valence-corrected chi connectivity index (χ2v) is 5.86. The number of benzene rings is 2. The van der Waals surface area contributed by atoms with Crippen molar-refractivity contribution in [3.63, 3.8) is 0 Å². The van der Waals surface area contributed by atoms with Crippen LogP contribution in [0.2, 0.25) is 0 Å². The van der Waals surface area contributed by atoms with Gasteiger partial charge in [0.05, 0.1) is 11.8 Å². The summed E-state index contributed by atoms with van der Waals surface area (Å²) in [5.41, 5.74) is 4.48. The Morgan fingerprint density at radius 1 is 1.04 bits per heavy atom. The fourth-order valence-corrected chi connectivity index (χ4v) is 2.80. The van der Waals surface area contributed by atoms with E-state index in [0.717, 1.165) is 28.8 Å². The number of carbonyl (C=O) groups is 1. The van der Waals surface area contributed by atoms with Crippen molar-refractivity contribution in [1.82, 2.24) is 0 Å². The Hall–Kier alpha value is -3.07. The van der Waals surface area contributed by atoms with Crippen LogP contribution in [0, 0.1) is 6.92 Å². The van der Waals surface area contributed by atoms with Crippen LogP contribution < -0.4 is 5.32 Å². The molecule has 3 rings (SSSR count). The minimum Gasteiger partial charge on any atom is -0.465 e. The van der Waals surface area contributed by atoms with Crippen molar-refractivity contribution in [1.29, 1.82) is 0 Å². The first-order valence-corrected chi connectivity index (χ1v) is 8.39. The van der Waals surface area contributed by atoms with E-state index in [2.05, 4.69) is 12.2 Å². The van der Waals surface area contributed by atoms with Crippen molar-refractivity contribution in [2.45, 2.75) is 20.3 Å². The molecule has 2 aromatic carbocycles. The van der Waals surface area contributed by atoms with Gasteiger partial charge in [-0.15, -0.1) is 0 Å². The van der Waals surface area contributed by atoms with Gasteiger partial charge in [-0.1, -0.05) is 55.5 Å². The van der Waals surface area contributed by atoms with Gasteiger partial charge in [0.25, 0.3) is 5.91 Å². The number of para-hydroxylation sites is 1. The predicted molar refractivity (Wildman–Crippen MR) is 102 cm³/mol. The molecule has 1 heterocycles. The Bertz CT molecular complexity index is 878. The van der Waals surface area contributed by atoms with Gasteiger partial charge in [0.1, 0.15) is 5.76 Å². The lowest BCUT2D eigenvalue weighted by Gasteiger charge is -2.14. The zero-order valence-electron chi connectivity index (χ0n) is 14.5. The molecular formula is C22H21NO2. The average molecular weight is 331 g/mol. The van der Waals surface area contributed by atoms with Crippen molar-refractivity contribution in [2.24, 2.45) is 0 Å². The summed E-state index contributed by atoms with van der Waals surface area (Å²) in [7, 11) is 0. The van der Waals surface area contributed by atoms with Crippen LogP contribution in [-0.2, 0) is 11.2 Å². The zero-order chi connectivity index (χ0) is 17.6. The summed E-state index contributed by atoms with van der Waals surface area (Å²) in [6.07, 6.45) is 4.23. The predicted octanol–water partition coefficient (Wildman–Crippen LogP) is 5.33. The molecule has 1 N–H and O–H groups in total. The molecule has 1 aromatic heterocycles. The molecule has 0 unspecified atom stereocenters. The lowest BCUT2D eigenvalue weighted by molar-refractivity contribution is -0.111. The molecule has 0 atom stereocenters. The van der Waals surface area contributed by atoms with E-state index in [1.807, 2.05) is 67.6 Å². The SMILES string of the molecule is CCc1cccc(C)c1NC(=O)/C(=C/c1ccco1)c1ccccc1. The standard InChI is InChI=1S/C22H21NO2/c1-3-17-12-7-9-16(2)21(17)23-22(24)20(15-19-13-8-14-25-19)18-10-5-4-6-11-18/h4-15H,3H2,1-2H3,(H,23,24)/b20-15+. The van der Waals surface area contributed by atoms with Gasteiger partial charge in [-0.25, -0.2) is 0 Å². The number of hydrogen-bond donors (Lipinski definition) is 1. The number of anilines is 1. The topological polar surface area (TPSA) is 42.2 Å². The molecule has 0 radical (unpaired) electrons. The average Bonchev–Trinajstić information content (AvgIpc) is 3.15. The first-order valence-electron chi connectivity index (χ1n) is 8.39. The number of furan rings is 1. The van der Waals surface area contributed by atoms with Crippen molar-refractivity contribution in [3.8, 4) is 0 Å². The van der Waals surface area contributed by atoms with Gasteiger partial charge in [0.2, 0.25) is 0 Å². The Kier molecular flexibility index (Phi) is 5.14. The first kappa shape index (κ1) is 16.8. The molecule has 0 saturated heterocycles. The van der Waals surface area contributed by atoms with Crippen molar-refractivity contribution >= 4 is 23.2 Å². The summed E-state index contributed by atoms with van der Waals surface area (Å²) in [5, 5.41) is 3.09. The zero-order valence-corrected chi connectivity index (χ0v) is 14.5. The highest BCUT2D eigenvalue weighted by Gasteiger charge is 2.15. The molecule has 0 bridgehead atoms. The molecule has 3 heteroatoms. The second kappa shape index (κ2) is 7.67. The molecule has 25 heavy (non-hydrogen) atoms. The minimum atomic E-state index is -0.147. The van der Waals surface area contributed by atoms with E-state index in [-0.39, 0.29) is 5.91 Å². The molecule has 126 valence electrons. The highest BCUT2D eigenvalue weighted by atomic mass is 16.3. The molecule has 0 aliphatic rings. The van der Waals surface area contributed by atoms with Gasteiger partial charge in [-0.3, -0.25) is 4.79 Å². The third-order valence-corrected chi connectivity index (χ3v) is 4.14. The molecule has 1 amide bonds. The number of hydrogen-bond acceptors (Lipinski definition) is 2. The summed E-state index contributed by atoms with van der Waals surface area (Å²) in [4.78, 5) is 13.0. The van der Waals surface area contributed by atoms with E-state index in [9.17, 15) is 4.79 Å². The van der Waals surface area contributed by atoms with Crippen LogP contribution in [0.3, 0.4) is 0 Å². The molecule has 3 aromatic rings. The summed E-state index contributed by atoms with van der Waals surface area (Å²) in [6, 6.07) is 19.3. The highest BCUT2D eigenvalue weighted by molar-refractivity contribution is 6.29. The highest BCUT2D eigenvalue weighted by Crippen LogP contribution is 2.25. The van der Waals surface area contributed by atoms with Crippen LogP contribution in [0.1, 0.15) is 29.4 Å². The van der Waals surface area contributed by atoms with E-state index >= 15 is 0 Å². The third-order valence-electron chi connectivity index (χ3n) is 4.14. The lowest BCUT2D eigenvalue weighted by Crippen LogP contribution is -2.15. The van der Waals surface area contributed by atoms with E-state index in [1.165, 1.54) is 0 Å². The van der Waals surface area contributed by atoms with E-state index < -0.39 is 0 Å². The van der Waals surface area contributed by atoms with Gasteiger partial charge in [0.15, 0.2) is 0 Å². The van der Waals surface area contributed by atoms with E-state index in [0.29, 0.717) is 11.3 Å². The molecule has 0 saturated carbocycles. The third kappa shape index (κ3) is 3.89. The van der Waals surface area contributed by atoms with Crippen LogP contribution in [0.15, 0.2) is 71.3 Å². The fraction of sp³-hybridized carbons (Fsp3) is 0.136. The Morgan fingerprint density at radius 3 is 2.52 bits per heavy atom. The number of nitrogens with one attached hydrogen (secondary N) is 1. The van der Waals surface area contributed by atoms with Crippen LogP contribution >= 0.6 is 0 Å². The van der Waals surface area contributed by atoms with Crippen molar-refractivity contribution < 1.29 is 9.21 Å². The van der Waals surface area contributed by atoms with Crippen molar-refractivity contribution in [2.75, 3.05) is 5.32 Å².